The summed E-state index contributed by atoms with van der Waals surface area (Å²) in [6.45, 7) is 5.20. The quantitative estimate of drug-likeness (QED) is 0.843. The number of aromatic nitrogens is 4. The van der Waals surface area contributed by atoms with Crippen LogP contribution in [0.3, 0.4) is 0 Å². The Morgan fingerprint density at radius 3 is 3.11 bits per heavy atom. The van der Waals surface area contributed by atoms with E-state index in [1.807, 2.05) is 18.7 Å². The molecule has 0 aromatic carbocycles. The Bertz CT molecular complexity index is 637. The van der Waals surface area contributed by atoms with E-state index in [-0.39, 0.29) is 11.6 Å². The molecule has 0 radical (unpaired) electrons. The fraction of sp³-hybridized carbons (Fsp3) is 0.455. The molecule has 2 rings (SSSR count). The maximum absolute atomic E-state index is 11.3. The van der Waals surface area contributed by atoms with Crippen molar-refractivity contribution in [2.75, 3.05) is 18.0 Å². The number of nitrogens with one attached hydrogen (secondary N) is 1. The maximum atomic E-state index is 11.3. The van der Waals surface area contributed by atoms with E-state index < -0.39 is 0 Å². The van der Waals surface area contributed by atoms with Gasteiger partial charge >= 0.3 is 5.69 Å². The Morgan fingerprint density at radius 2 is 2.44 bits per heavy atom. The number of nitriles is 1. The zero-order chi connectivity index (χ0) is 13.1. The highest BCUT2D eigenvalue weighted by Crippen LogP contribution is 2.13. The first-order valence-electron chi connectivity index (χ1n) is 5.73. The summed E-state index contributed by atoms with van der Waals surface area (Å²) < 4.78 is 1.34. The molecule has 2 heterocycles. The van der Waals surface area contributed by atoms with E-state index in [0.717, 1.165) is 6.54 Å². The molecular formula is C11H14N6O. The summed E-state index contributed by atoms with van der Waals surface area (Å²) in [5, 5.41) is 15.1. The Hall–Kier alpha value is -2.36. The predicted octanol–water partition coefficient (Wildman–Crippen LogP) is 0.404. The Kier molecular flexibility index (Phi) is 3.28. The van der Waals surface area contributed by atoms with Crippen molar-refractivity contribution in [2.24, 2.45) is 5.92 Å². The number of rotatable bonds is 4. The molecule has 0 amide bonds. The molecule has 0 spiro atoms. The van der Waals surface area contributed by atoms with E-state index in [9.17, 15) is 4.79 Å². The minimum atomic E-state index is -0.308. The monoisotopic (exact) mass is 246 g/mol. The molecule has 7 heteroatoms. The molecule has 1 unspecified atom stereocenters. The predicted molar refractivity (Wildman–Crippen MR) is 66.3 cm³/mol. The lowest BCUT2D eigenvalue weighted by atomic mass is 10.2. The van der Waals surface area contributed by atoms with Crippen LogP contribution >= 0.6 is 0 Å². The molecule has 0 aliphatic carbocycles. The van der Waals surface area contributed by atoms with Gasteiger partial charge in [0, 0.05) is 19.2 Å². The number of nitrogens with zero attached hydrogens (tertiary/aromatic N) is 5. The minimum absolute atomic E-state index is 0.0793. The molecule has 2 aromatic heterocycles. The van der Waals surface area contributed by atoms with Gasteiger partial charge in [-0.15, -0.1) is 0 Å². The van der Waals surface area contributed by atoms with Crippen LogP contribution in [-0.4, -0.2) is 32.7 Å². The number of aromatic amines is 1. The van der Waals surface area contributed by atoms with Crippen LogP contribution in [0.15, 0.2) is 17.2 Å². The lowest BCUT2D eigenvalue weighted by Gasteiger charge is -2.22. The van der Waals surface area contributed by atoms with Crippen LogP contribution in [0, 0.1) is 17.2 Å². The number of H-pyrrole nitrogens is 1. The van der Waals surface area contributed by atoms with E-state index in [1.165, 1.54) is 10.7 Å². The first-order chi connectivity index (χ1) is 8.65. The highest BCUT2D eigenvalue weighted by molar-refractivity contribution is 5.50. The molecule has 0 saturated carbocycles. The number of fused-ring (bicyclic) bond motifs is 1. The second-order valence-corrected chi connectivity index (χ2v) is 4.07. The van der Waals surface area contributed by atoms with Crippen molar-refractivity contribution in [2.45, 2.75) is 13.8 Å². The molecule has 1 N–H and O–H groups in total. The summed E-state index contributed by atoms with van der Waals surface area (Å²) in [7, 11) is 0. The largest absolute Gasteiger partial charge is 0.355 e. The third-order valence-corrected chi connectivity index (χ3v) is 2.72. The van der Waals surface area contributed by atoms with Gasteiger partial charge in [-0.25, -0.2) is 19.3 Å². The van der Waals surface area contributed by atoms with Gasteiger partial charge in [0.2, 0.25) is 0 Å². The van der Waals surface area contributed by atoms with Crippen molar-refractivity contribution in [3.63, 3.8) is 0 Å². The first kappa shape index (κ1) is 12.1. The van der Waals surface area contributed by atoms with Gasteiger partial charge in [-0.05, 0) is 13.8 Å². The number of anilines is 1. The van der Waals surface area contributed by atoms with Gasteiger partial charge in [0.05, 0.1) is 12.0 Å². The lowest BCUT2D eigenvalue weighted by molar-refractivity contribution is 0.678. The second kappa shape index (κ2) is 4.87. The van der Waals surface area contributed by atoms with Crippen molar-refractivity contribution >= 4 is 11.5 Å². The summed E-state index contributed by atoms with van der Waals surface area (Å²) in [5.74, 6) is 0.635. The average molecular weight is 246 g/mol. The van der Waals surface area contributed by atoms with Crippen molar-refractivity contribution in [3.8, 4) is 6.07 Å². The topological polar surface area (TPSA) is 90.1 Å². The Labute approximate surface area is 104 Å². The van der Waals surface area contributed by atoms with E-state index in [1.54, 1.807) is 6.07 Å². The van der Waals surface area contributed by atoms with Crippen molar-refractivity contribution in [1.82, 2.24) is 19.6 Å². The van der Waals surface area contributed by atoms with Gasteiger partial charge < -0.3 is 4.90 Å². The van der Waals surface area contributed by atoms with E-state index >= 15 is 0 Å². The zero-order valence-corrected chi connectivity index (χ0v) is 10.3. The van der Waals surface area contributed by atoms with Crippen LogP contribution in [0.4, 0.5) is 5.82 Å². The summed E-state index contributed by atoms with van der Waals surface area (Å²) in [4.78, 5) is 17.5. The third kappa shape index (κ3) is 2.18. The molecule has 0 fully saturated rings. The Morgan fingerprint density at radius 1 is 1.67 bits per heavy atom. The highest BCUT2D eigenvalue weighted by atomic mass is 16.1. The summed E-state index contributed by atoms with van der Waals surface area (Å²) in [5.41, 5.74) is 0.213. The maximum Gasteiger partial charge on any atom is 0.348 e. The van der Waals surface area contributed by atoms with Crippen LogP contribution in [0.1, 0.15) is 13.8 Å². The molecule has 0 bridgehead atoms. The molecule has 2 aromatic rings. The summed E-state index contributed by atoms with van der Waals surface area (Å²) in [6, 6.07) is 3.92. The van der Waals surface area contributed by atoms with Gasteiger partial charge in [0.15, 0.2) is 5.65 Å². The number of hydrogen-bond donors (Lipinski definition) is 1. The van der Waals surface area contributed by atoms with Crippen molar-refractivity contribution in [1.29, 1.82) is 5.26 Å². The molecule has 0 saturated heterocycles. The fourth-order valence-corrected chi connectivity index (χ4v) is 1.73. The van der Waals surface area contributed by atoms with Crippen molar-refractivity contribution < 1.29 is 0 Å². The average Bonchev–Trinajstić information content (AvgIpc) is 2.76. The molecule has 1 atom stereocenters. The van der Waals surface area contributed by atoms with Crippen LogP contribution in [0.2, 0.25) is 0 Å². The Balaban J connectivity index is 2.34. The van der Waals surface area contributed by atoms with E-state index in [2.05, 4.69) is 21.3 Å². The summed E-state index contributed by atoms with van der Waals surface area (Å²) in [6.07, 6.45) is 1.44. The standard InChI is InChI=1S/C11H14N6O/c1-3-16(6-8(2)5-12)9-4-10-14-15-11(18)17(10)7-13-9/h4,7-8H,3,6H2,1-2H3,(H,15,18). The van der Waals surface area contributed by atoms with Crippen LogP contribution in [0.5, 0.6) is 0 Å². The van der Waals surface area contributed by atoms with Gasteiger partial charge in [0.25, 0.3) is 0 Å². The van der Waals surface area contributed by atoms with Gasteiger partial charge in [-0.1, -0.05) is 0 Å². The molecule has 18 heavy (non-hydrogen) atoms. The minimum Gasteiger partial charge on any atom is -0.355 e. The van der Waals surface area contributed by atoms with E-state index in [0.29, 0.717) is 18.0 Å². The summed E-state index contributed by atoms with van der Waals surface area (Å²) >= 11 is 0. The van der Waals surface area contributed by atoms with E-state index in [4.69, 9.17) is 5.26 Å². The molecule has 7 nitrogen and oxygen atoms in total. The first-order valence-corrected chi connectivity index (χ1v) is 5.73. The van der Waals surface area contributed by atoms with Gasteiger partial charge in [-0.2, -0.15) is 10.4 Å². The lowest BCUT2D eigenvalue weighted by Crippen LogP contribution is -2.28. The van der Waals surface area contributed by atoms with Gasteiger partial charge in [-0.3, -0.25) is 0 Å². The highest BCUT2D eigenvalue weighted by Gasteiger charge is 2.11. The van der Waals surface area contributed by atoms with Crippen LogP contribution in [0.25, 0.3) is 5.65 Å². The van der Waals surface area contributed by atoms with Crippen molar-refractivity contribution in [3.05, 3.63) is 22.9 Å². The number of hydrogen-bond acceptors (Lipinski definition) is 5. The molecule has 94 valence electrons. The van der Waals surface area contributed by atoms with Crippen LogP contribution in [-0.2, 0) is 0 Å². The van der Waals surface area contributed by atoms with Crippen LogP contribution < -0.4 is 10.6 Å². The second-order valence-electron chi connectivity index (χ2n) is 4.07. The zero-order valence-electron chi connectivity index (χ0n) is 10.3. The molecular weight excluding hydrogens is 232 g/mol. The smallest absolute Gasteiger partial charge is 0.348 e. The molecule has 0 aliphatic rings. The normalized spacial score (nSPS) is 12.3. The fourth-order valence-electron chi connectivity index (χ4n) is 1.73. The SMILES string of the molecule is CCN(CC(C)C#N)c1cc2n[nH]c(=O)n2cn1. The third-order valence-electron chi connectivity index (χ3n) is 2.72. The molecule has 0 aliphatic heterocycles. The van der Waals surface area contributed by atoms with Gasteiger partial charge in [0.1, 0.15) is 12.1 Å².